The lowest BCUT2D eigenvalue weighted by Gasteiger charge is -1.96. The summed E-state index contributed by atoms with van der Waals surface area (Å²) in [5.74, 6) is -0.475. The van der Waals surface area contributed by atoms with Crippen molar-refractivity contribution in [3.63, 3.8) is 0 Å². The van der Waals surface area contributed by atoms with Crippen molar-refractivity contribution < 1.29 is 8.93 Å². The number of hydrogen-bond acceptors (Lipinski definition) is 3. The zero-order chi connectivity index (χ0) is 12.5. The van der Waals surface area contributed by atoms with E-state index in [-0.39, 0.29) is 0 Å². The van der Waals surface area contributed by atoms with Crippen LogP contribution in [0.1, 0.15) is 11.3 Å². The highest BCUT2D eigenvalue weighted by molar-refractivity contribution is 6.29. The Morgan fingerprint density at radius 3 is 3.00 bits per heavy atom. The SMILES string of the molecule is O=c1[nH][n+]2c(Cc3ccc(Cl)nc3)cccc2o1. The van der Waals surface area contributed by atoms with E-state index < -0.39 is 5.76 Å². The van der Waals surface area contributed by atoms with Crippen molar-refractivity contribution in [3.05, 3.63) is 63.5 Å². The van der Waals surface area contributed by atoms with E-state index in [2.05, 4.69) is 10.1 Å². The molecule has 0 saturated heterocycles. The van der Waals surface area contributed by atoms with Crippen LogP contribution in [0.3, 0.4) is 0 Å². The molecule has 3 rings (SSSR count). The molecule has 0 saturated carbocycles. The standard InChI is InChI=1S/C12H8ClN3O2/c13-10-5-4-8(7-14-10)6-9-2-1-3-11-16(9)15-12(17)18-11/h1-5,7H,6H2/p+1. The largest absolute Gasteiger partial charge is 0.470 e. The molecule has 0 amide bonds. The summed E-state index contributed by atoms with van der Waals surface area (Å²) in [4.78, 5) is 15.2. The predicted molar refractivity (Wildman–Crippen MR) is 64.5 cm³/mol. The molecule has 0 spiro atoms. The fourth-order valence-corrected chi connectivity index (χ4v) is 1.92. The first-order valence-electron chi connectivity index (χ1n) is 5.35. The first kappa shape index (κ1) is 11.0. The van der Waals surface area contributed by atoms with Gasteiger partial charge in [0.25, 0.3) is 0 Å². The van der Waals surface area contributed by atoms with Crippen LogP contribution in [0, 0.1) is 0 Å². The molecule has 3 heterocycles. The number of H-pyrrole nitrogens is 1. The maximum Gasteiger partial charge on any atom is 0.470 e. The third kappa shape index (κ3) is 2.00. The normalized spacial score (nSPS) is 10.9. The quantitative estimate of drug-likeness (QED) is 0.560. The number of aromatic amines is 1. The highest BCUT2D eigenvalue weighted by Gasteiger charge is 2.15. The van der Waals surface area contributed by atoms with Gasteiger partial charge in [0.15, 0.2) is 0 Å². The Bertz CT molecular complexity index is 746. The van der Waals surface area contributed by atoms with E-state index in [1.54, 1.807) is 22.8 Å². The molecule has 0 aromatic carbocycles. The highest BCUT2D eigenvalue weighted by atomic mass is 35.5. The highest BCUT2D eigenvalue weighted by Crippen LogP contribution is 2.09. The van der Waals surface area contributed by atoms with E-state index in [4.69, 9.17) is 16.0 Å². The van der Waals surface area contributed by atoms with Crippen molar-refractivity contribution in [2.24, 2.45) is 0 Å². The summed E-state index contributed by atoms with van der Waals surface area (Å²) in [6.07, 6.45) is 2.33. The monoisotopic (exact) mass is 262 g/mol. The number of hydrogen-bond donors (Lipinski definition) is 1. The van der Waals surface area contributed by atoms with Crippen molar-refractivity contribution in [2.75, 3.05) is 0 Å². The van der Waals surface area contributed by atoms with Gasteiger partial charge < -0.3 is 4.42 Å². The molecule has 90 valence electrons. The van der Waals surface area contributed by atoms with Crippen molar-refractivity contribution in [1.82, 2.24) is 10.1 Å². The summed E-state index contributed by atoms with van der Waals surface area (Å²) < 4.78 is 6.60. The molecule has 3 aromatic heterocycles. The Hall–Kier alpha value is -2.14. The zero-order valence-corrected chi connectivity index (χ0v) is 10.0. The summed E-state index contributed by atoms with van der Waals surface area (Å²) in [6.45, 7) is 0. The second-order valence-electron chi connectivity index (χ2n) is 3.86. The molecule has 0 unspecified atom stereocenters. The minimum absolute atomic E-state index is 0.460. The van der Waals surface area contributed by atoms with Crippen molar-refractivity contribution in [2.45, 2.75) is 6.42 Å². The molecule has 0 bridgehead atoms. The second kappa shape index (κ2) is 4.27. The van der Waals surface area contributed by atoms with Crippen molar-refractivity contribution in [3.8, 4) is 0 Å². The molecule has 0 aliphatic heterocycles. The van der Waals surface area contributed by atoms with Gasteiger partial charge in [0, 0.05) is 12.3 Å². The summed E-state index contributed by atoms with van der Waals surface area (Å²) >= 11 is 5.73. The lowest BCUT2D eigenvalue weighted by atomic mass is 10.1. The topological polar surface area (TPSA) is 63.0 Å². The maximum absolute atomic E-state index is 11.2. The molecule has 3 aromatic rings. The van der Waals surface area contributed by atoms with E-state index in [0.717, 1.165) is 11.3 Å². The smallest absolute Gasteiger partial charge is 0.348 e. The number of rotatable bonds is 2. The van der Waals surface area contributed by atoms with Crippen LogP contribution in [-0.2, 0) is 6.42 Å². The fraction of sp³-hybridized carbons (Fsp3) is 0.0833. The van der Waals surface area contributed by atoms with Crippen LogP contribution in [0.4, 0.5) is 0 Å². The maximum atomic E-state index is 11.2. The first-order chi connectivity index (χ1) is 8.72. The Kier molecular flexibility index (Phi) is 2.60. The Morgan fingerprint density at radius 1 is 1.33 bits per heavy atom. The van der Waals surface area contributed by atoms with E-state index in [1.807, 2.05) is 18.2 Å². The van der Waals surface area contributed by atoms with Gasteiger partial charge in [-0.3, -0.25) is 0 Å². The molecule has 0 aliphatic rings. The van der Waals surface area contributed by atoms with Gasteiger partial charge in [-0.1, -0.05) is 22.8 Å². The molecule has 0 aliphatic carbocycles. The number of fused-ring (bicyclic) bond motifs is 1. The molecule has 1 N–H and O–H groups in total. The van der Waals surface area contributed by atoms with Crippen LogP contribution in [0.2, 0.25) is 5.15 Å². The lowest BCUT2D eigenvalue weighted by Crippen LogP contribution is -2.31. The lowest BCUT2D eigenvalue weighted by molar-refractivity contribution is -0.588. The van der Waals surface area contributed by atoms with Gasteiger partial charge in [-0.15, -0.1) is 0 Å². The van der Waals surface area contributed by atoms with E-state index in [1.165, 1.54) is 0 Å². The number of nitrogens with zero attached hydrogens (tertiary/aromatic N) is 2. The summed E-state index contributed by atoms with van der Waals surface area (Å²) in [5.41, 5.74) is 2.39. The van der Waals surface area contributed by atoms with E-state index >= 15 is 0 Å². The summed E-state index contributed by atoms with van der Waals surface area (Å²) in [6, 6.07) is 9.10. The molecule has 0 radical (unpaired) electrons. The van der Waals surface area contributed by atoms with Gasteiger partial charge in [-0.05, 0) is 22.2 Å². The van der Waals surface area contributed by atoms with Gasteiger partial charge in [0.05, 0.1) is 12.5 Å². The molecule has 18 heavy (non-hydrogen) atoms. The van der Waals surface area contributed by atoms with Gasteiger partial charge >= 0.3 is 11.5 Å². The van der Waals surface area contributed by atoms with Crippen molar-refractivity contribution in [1.29, 1.82) is 0 Å². The number of pyridine rings is 2. The van der Waals surface area contributed by atoms with E-state index in [0.29, 0.717) is 17.3 Å². The molecule has 5 nitrogen and oxygen atoms in total. The second-order valence-corrected chi connectivity index (χ2v) is 4.25. The fourth-order valence-electron chi connectivity index (χ4n) is 1.81. The average Bonchev–Trinajstić information content (AvgIpc) is 2.73. The van der Waals surface area contributed by atoms with E-state index in [9.17, 15) is 4.79 Å². The summed E-state index contributed by atoms with van der Waals surface area (Å²) in [5, 5.41) is 3.07. The minimum atomic E-state index is -0.475. The van der Waals surface area contributed by atoms with Crippen LogP contribution in [0.15, 0.2) is 45.7 Å². The molecular weight excluding hydrogens is 254 g/mol. The van der Waals surface area contributed by atoms with Gasteiger partial charge in [-0.2, -0.15) is 0 Å². The summed E-state index contributed by atoms with van der Waals surface area (Å²) in [7, 11) is 0. The predicted octanol–water partition coefficient (Wildman–Crippen LogP) is 1.35. The number of halogens is 1. The Balaban J connectivity index is 2.04. The van der Waals surface area contributed by atoms with Crippen LogP contribution < -0.4 is 10.3 Å². The van der Waals surface area contributed by atoms with Gasteiger partial charge in [0.1, 0.15) is 5.15 Å². The molecular formula is C12H9ClN3O2+. The minimum Gasteiger partial charge on any atom is -0.348 e. The third-order valence-corrected chi connectivity index (χ3v) is 2.83. The third-order valence-electron chi connectivity index (χ3n) is 2.61. The first-order valence-corrected chi connectivity index (χ1v) is 5.73. The van der Waals surface area contributed by atoms with Crippen LogP contribution in [-0.4, -0.2) is 10.1 Å². The Labute approximate surface area is 107 Å². The van der Waals surface area contributed by atoms with Crippen molar-refractivity contribution >= 4 is 17.3 Å². The van der Waals surface area contributed by atoms with Crippen LogP contribution >= 0.6 is 11.6 Å². The molecule has 6 heteroatoms. The molecule has 0 atom stereocenters. The van der Waals surface area contributed by atoms with Gasteiger partial charge in [-0.25, -0.2) is 9.78 Å². The zero-order valence-electron chi connectivity index (χ0n) is 9.26. The Morgan fingerprint density at radius 2 is 2.22 bits per heavy atom. The van der Waals surface area contributed by atoms with Crippen LogP contribution in [0.25, 0.3) is 5.71 Å². The number of nitrogens with one attached hydrogen (secondary N) is 1. The van der Waals surface area contributed by atoms with Gasteiger partial charge in [0.2, 0.25) is 5.69 Å². The average molecular weight is 263 g/mol. The number of aromatic nitrogens is 3. The molecule has 0 fully saturated rings. The van der Waals surface area contributed by atoms with Crippen LogP contribution in [0.5, 0.6) is 0 Å².